The Kier molecular flexibility index (Phi) is 3.86. The number of rotatable bonds is 4. The number of hydrogen-bond donors (Lipinski definition) is 1. The van der Waals surface area contributed by atoms with Gasteiger partial charge in [0.1, 0.15) is 5.82 Å². The second-order valence-corrected chi connectivity index (χ2v) is 2.87. The van der Waals surface area contributed by atoms with Crippen molar-refractivity contribution in [2.45, 2.75) is 13.0 Å². The second kappa shape index (κ2) is 4.94. The van der Waals surface area contributed by atoms with E-state index in [9.17, 15) is 4.39 Å². The van der Waals surface area contributed by atoms with Gasteiger partial charge in [-0.25, -0.2) is 4.39 Å². The van der Waals surface area contributed by atoms with Gasteiger partial charge in [-0.1, -0.05) is 12.1 Å². The minimum Gasteiger partial charge on any atom is -0.384 e. The lowest BCUT2D eigenvalue weighted by atomic mass is 10.1. The minimum absolute atomic E-state index is 0.194. The topological polar surface area (TPSA) is 35.2 Å². The van der Waals surface area contributed by atoms with E-state index in [0.29, 0.717) is 25.1 Å². The number of nitrogens with two attached hydrogens (primary N) is 1. The summed E-state index contributed by atoms with van der Waals surface area (Å²) in [6, 6.07) is 5.08. The molecule has 0 aliphatic heterocycles. The lowest BCUT2D eigenvalue weighted by molar-refractivity contribution is 0.201. The fourth-order valence-corrected chi connectivity index (χ4v) is 1.13. The molecule has 1 aromatic rings. The molecular weight excluding hydrogens is 169 g/mol. The van der Waals surface area contributed by atoms with Gasteiger partial charge in [-0.15, -0.1) is 0 Å². The van der Waals surface area contributed by atoms with Crippen LogP contribution in [0.2, 0.25) is 0 Å². The first-order valence-corrected chi connectivity index (χ1v) is 4.24. The first kappa shape index (κ1) is 10.2. The van der Waals surface area contributed by atoms with Crippen LogP contribution in [0, 0.1) is 5.82 Å². The van der Waals surface area contributed by atoms with Crippen molar-refractivity contribution in [1.82, 2.24) is 0 Å². The molecule has 0 bridgehead atoms. The third kappa shape index (κ3) is 2.79. The van der Waals surface area contributed by atoms with Crippen LogP contribution >= 0.6 is 0 Å². The van der Waals surface area contributed by atoms with Crippen LogP contribution in [0.3, 0.4) is 0 Å². The van der Waals surface area contributed by atoms with E-state index in [4.69, 9.17) is 10.5 Å². The van der Waals surface area contributed by atoms with Crippen LogP contribution in [0.5, 0.6) is 0 Å². The van der Waals surface area contributed by atoms with Crippen molar-refractivity contribution in [1.29, 1.82) is 0 Å². The number of hydrogen-bond acceptors (Lipinski definition) is 2. The molecule has 72 valence electrons. The van der Waals surface area contributed by atoms with E-state index >= 15 is 0 Å². The van der Waals surface area contributed by atoms with E-state index in [1.165, 1.54) is 6.07 Å². The maximum absolute atomic E-state index is 13.2. The summed E-state index contributed by atoms with van der Waals surface area (Å²) in [6.45, 7) is 0.917. The molecule has 1 rings (SSSR count). The van der Waals surface area contributed by atoms with E-state index in [2.05, 4.69) is 0 Å². The van der Waals surface area contributed by atoms with Gasteiger partial charge in [0, 0.05) is 13.7 Å². The Hall–Kier alpha value is -0.930. The van der Waals surface area contributed by atoms with E-state index in [1.807, 2.05) is 6.07 Å². The highest BCUT2D eigenvalue weighted by Gasteiger charge is 2.02. The van der Waals surface area contributed by atoms with Crippen molar-refractivity contribution in [3.63, 3.8) is 0 Å². The maximum Gasteiger partial charge on any atom is 0.126 e. The fourth-order valence-electron chi connectivity index (χ4n) is 1.13. The SMILES string of the molecule is COCCc1ccc(CN)cc1F. The third-order valence-electron chi connectivity index (χ3n) is 1.93. The molecule has 0 saturated heterocycles. The molecule has 2 N–H and O–H groups in total. The first-order chi connectivity index (χ1) is 6.27. The zero-order valence-electron chi connectivity index (χ0n) is 7.72. The van der Waals surface area contributed by atoms with E-state index in [1.54, 1.807) is 13.2 Å². The zero-order valence-corrected chi connectivity index (χ0v) is 7.72. The molecule has 0 spiro atoms. The van der Waals surface area contributed by atoms with Gasteiger partial charge in [-0.3, -0.25) is 0 Å². The van der Waals surface area contributed by atoms with Crippen molar-refractivity contribution in [2.75, 3.05) is 13.7 Å². The van der Waals surface area contributed by atoms with Crippen LogP contribution in [0.15, 0.2) is 18.2 Å². The molecule has 0 aliphatic rings. The van der Waals surface area contributed by atoms with Gasteiger partial charge < -0.3 is 10.5 Å². The second-order valence-electron chi connectivity index (χ2n) is 2.87. The molecule has 3 heteroatoms. The Bertz CT molecular complexity index is 276. The summed E-state index contributed by atoms with van der Waals surface area (Å²) < 4.78 is 18.1. The third-order valence-corrected chi connectivity index (χ3v) is 1.93. The molecule has 0 unspecified atom stereocenters. The molecule has 0 atom stereocenters. The quantitative estimate of drug-likeness (QED) is 0.767. The van der Waals surface area contributed by atoms with Gasteiger partial charge in [-0.2, -0.15) is 0 Å². The molecular formula is C10H14FNO. The number of benzene rings is 1. The highest BCUT2D eigenvalue weighted by molar-refractivity contribution is 5.24. The van der Waals surface area contributed by atoms with Gasteiger partial charge in [0.15, 0.2) is 0 Å². The zero-order chi connectivity index (χ0) is 9.68. The van der Waals surface area contributed by atoms with Crippen molar-refractivity contribution < 1.29 is 9.13 Å². The van der Waals surface area contributed by atoms with E-state index in [0.717, 1.165) is 5.56 Å². The largest absolute Gasteiger partial charge is 0.384 e. The lowest BCUT2D eigenvalue weighted by Crippen LogP contribution is -2.01. The highest BCUT2D eigenvalue weighted by Crippen LogP contribution is 2.10. The summed E-state index contributed by atoms with van der Waals surface area (Å²) in [6.07, 6.45) is 0.604. The van der Waals surface area contributed by atoms with Crippen molar-refractivity contribution in [3.8, 4) is 0 Å². The van der Waals surface area contributed by atoms with E-state index in [-0.39, 0.29) is 5.82 Å². The molecule has 1 aromatic carbocycles. The van der Waals surface area contributed by atoms with Crippen LogP contribution < -0.4 is 5.73 Å². The highest BCUT2D eigenvalue weighted by atomic mass is 19.1. The standard InChI is InChI=1S/C10H14FNO/c1-13-5-4-9-3-2-8(7-12)6-10(9)11/h2-3,6H,4-5,7,12H2,1H3. The number of ether oxygens (including phenoxy) is 1. The Morgan fingerprint density at radius 2 is 2.23 bits per heavy atom. The average Bonchev–Trinajstić information content (AvgIpc) is 2.16. The van der Waals surface area contributed by atoms with E-state index < -0.39 is 0 Å². The van der Waals surface area contributed by atoms with Crippen LogP contribution in [-0.2, 0) is 17.7 Å². The summed E-state index contributed by atoms with van der Waals surface area (Å²) in [5.41, 5.74) is 6.88. The molecule has 0 fully saturated rings. The Morgan fingerprint density at radius 1 is 1.46 bits per heavy atom. The molecule has 0 amide bonds. The molecule has 0 aromatic heterocycles. The average molecular weight is 183 g/mol. The molecule has 13 heavy (non-hydrogen) atoms. The molecule has 0 saturated carbocycles. The molecule has 2 nitrogen and oxygen atoms in total. The summed E-state index contributed by atoms with van der Waals surface area (Å²) >= 11 is 0. The van der Waals surface area contributed by atoms with Gasteiger partial charge >= 0.3 is 0 Å². The summed E-state index contributed by atoms with van der Waals surface area (Å²) in [4.78, 5) is 0. The first-order valence-electron chi connectivity index (χ1n) is 4.24. The van der Waals surface area contributed by atoms with Gasteiger partial charge in [0.05, 0.1) is 6.61 Å². The molecule has 0 radical (unpaired) electrons. The summed E-state index contributed by atoms with van der Waals surface area (Å²) in [5, 5.41) is 0. The molecule has 0 aliphatic carbocycles. The van der Waals surface area contributed by atoms with Crippen LogP contribution in [0.1, 0.15) is 11.1 Å². The smallest absolute Gasteiger partial charge is 0.126 e. The van der Waals surface area contributed by atoms with Crippen LogP contribution in [0.4, 0.5) is 4.39 Å². The van der Waals surface area contributed by atoms with Gasteiger partial charge in [0.2, 0.25) is 0 Å². The normalized spacial score (nSPS) is 10.4. The Morgan fingerprint density at radius 3 is 2.77 bits per heavy atom. The van der Waals surface area contributed by atoms with Crippen LogP contribution in [-0.4, -0.2) is 13.7 Å². The van der Waals surface area contributed by atoms with Crippen molar-refractivity contribution in [2.24, 2.45) is 5.73 Å². The maximum atomic E-state index is 13.2. The Labute approximate surface area is 77.5 Å². The Balaban J connectivity index is 2.73. The van der Waals surface area contributed by atoms with Gasteiger partial charge in [0.25, 0.3) is 0 Å². The number of methoxy groups -OCH3 is 1. The predicted octanol–water partition coefficient (Wildman–Crippen LogP) is 1.47. The number of halogens is 1. The summed E-state index contributed by atoms with van der Waals surface area (Å²) in [7, 11) is 1.60. The fraction of sp³-hybridized carbons (Fsp3) is 0.400. The monoisotopic (exact) mass is 183 g/mol. The predicted molar refractivity (Wildman–Crippen MR) is 49.9 cm³/mol. The van der Waals surface area contributed by atoms with Crippen LogP contribution in [0.25, 0.3) is 0 Å². The molecule has 0 heterocycles. The van der Waals surface area contributed by atoms with Crippen molar-refractivity contribution >= 4 is 0 Å². The minimum atomic E-state index is -0.194. The summed E-state index contributed by atoms with van der Waals surface area (Å²) in [5.74, 6) is -0.194. The lowest BCUT2D eigenvalue weighted by Gasteiger charge is -2.03. The van der Waals surface area contributed by atoms with Gasteiger partial charge in [-0.05, 0) is 23.6 Å². The van der Waals surface area contributed by atoms with Crippen molar-refractivity contribution in [3.05, 3.63) is 35.1 Å².